The van der Waals surface area contributed by atoms with Crippen molar-refractivity contribution in [3.05, 3.63) is 48.5 Å². The summed E-state index contributed by atoms with van der Waals surface area (Å²) in [6, 6.07) is 12.0. The SMILES string of the molecule is C[C@@H](N)C(=O)Nc1ccc(-c2ccc(S(=O)(=O)OC(=O)C3CCCN3C)cc2)cc1. The summed E-state index contributed by atoms with van der Waals surface area (Å²) in [5, 5.41) is 2.70. The first kappa shape index (κ1) is 21.9. The van der Waals surface area contributed by atoms with Crippen LogP contribution in [0.2, 0.25) is 0 Å². The third-order valence-corrected chi connectivity index (χ3v) is 6.26. The molecule has 1 aliphatic heterocycles. The van der Waals surface area contributed by atoms with Crippen LogP contribution in [-0.2, 0) is 23.9 Å². The number of amides is 1. The van der Waals surface area contributed by atoms with Crippen molar-refractivity contribution >= 4 is 27.7 Å². The van der Waals surface area contributed by atoms with Crippen LogP contribution in [0, 0.1) is 0 Å². The van der Waals surface area contributed by atoms with Crippen LogP contribution in [-0.4, -0.2) is 50.9 Å². The molecule has 1 amide bonds. The van der Waals surface area contributed by atoms with Crippen LogP contribution in [0.1, 0.15) is 19.8 Å². The Bertz CT molecular complexity index is 1020. The van der Waals surface area contributed by atoms with Crippen LogP contribution < -0.4 is 11.1 Å². The summed E-state index contributed by atoms with van der Waals surface area (Å²) in [4.78, 5) is 25.6. The summed E-state index contributed by atoms with van der Waals surface area (Å²) in [6.07, 6.45) is 1.42. The van der Waals surface area contributed by atoms with E-state index in [0.717, 1.165) is 24.1 Å². The van der Waals surface area contributed by atoms with Gasteiger partial charge in [0.2, 0.25) is 5.91 Å². The van der Waals surface area contributed by atoms with Crippen LogP contribution in [0.4, 0.5) is 5.69 Å². The van der Waals surface area contributed by atoms with Crippen LogP contribution in [0.3, 0.4) is 0 Å². The van der Waals surface area contributed by atoms with E-state index in [1.165, 1.54) is 12.1 Å². The van der Waals surface area contributed by atoms with Crippen LogP contribution in [0.5, 0.6) is 0 Å². The quantitative estimate of drug-likeness (QED) is 0.671. The zero-order valence-electron chi connectivity index (χ0n) is 16.9. The topological polar surface area (TPSA) is 119 Å². The summed E-state index contributed by atoms with van der Waals surface area (Å²) in [5.74, 6) is -1.03. The smallest absolute Gasteiger partial charge is 0.341 e. The first-order valence-electron chi connectivity index (χ1n) is 9.63. The Balaban J connectivity index is 1.69. The Morgan fingerprint density at radius 2 is 1.67 bits per heavy atom. The van der Waals surface area contributed by atoms with Gasteiger partial charge in [0, 0.05) is 5.69 Å². The van der Waals surface area contributed by atoms with Crippen molar-refractivity contribution < 1.29 is 22.2 Å². The minimum atomic E-state index is -4.18. The number of anilines is 1. The molecule has 0 saturated carbocycles. The predicted octanol–water partition coefficient (Wildman–Crippen LogP) is 1.97. The molecule has 0 spiro atoms. The van der Waals surface area contributed by atoms with E-state index < -0.39 is 28.2 Å². The van der Waals surface area contributed by atoms with Crippen molar-refractivity contribution in [3.63, 3.8) is 0 Å². The summed E-state index contributed by atoms with van der Waals surface area (Å²) in [6.45, 7) is 2.34. The maximum atomic E-state index is 12.4. The monoisotopic (exact) mass is 431 g/mol. The van der Waals surface area contributed by atoms with Gasteiger partial charge in [0.1, 0.15) is 10.9 Å². The van der Waals surface area contributed by atoms with E-state index in [-0.39, 0.29) is 10.8 Å². The van der Waals surface area contributed by atoms with Gasteiger partial charge in [0.05, 0.1) is 6.04 Å². The summed E-state index contributed by atoms with van der Waals surface area (Å²) < 4.78 is 29.7. The van der Waals surface area contributed by atoms with Gasteiger partial charge in [-0.05, 0) is 68.8 Å². The Morgan fingerprint density at radius 3 is 2.17 bits per heavy atom. The molecule has 3 N–H and O–H groups in total. The van der Waals surface area contributed by atoms with Gasteiger partial charge < -0.3 is 15.2 Å². The molecule has 1 heterocycles. The highest BCUT2D eigenvalue weighted by Gasteiger charge is 2.32. The molecule has 2 aromatic carbocycles. The number of hydrogen-bond donors (Lipinski definition) is 2. The molecule has 0 radical (unpaired) electrons. The van der Waals surface area contributed by atoms with Crippen LogP contribution in [0.25, 0.3) is 11.1 Å². The lowest BCUT2D eigenvalue weighted by Gasteiger charge is -2.17. The second-order valence-electron chi connectivity index (χ2n) is 7.37. The number of benzene rings is 2. The number of carbonyl (C=O) groups is 2. The lowest BCUT2D eigenvalue weighted by atomic mass is 10.1. The maximum absolute atomic E-state index is 12.4. The minimum Gasteiger partial charge on any atom is -0.341 e. The molecule has 1 saturated heterocycles. The number of nitrogens with two attached hydrogens (primary N) is 1. The van der Waals surface area contributed by atoms with Gasteiger partial charge >= 0.3 is 16.1 Å². The fourth-order valence-electron chi connectivity index (χ4n) is 3.24. The lowest BCUT2D eigenvalue weighted by molar-refractivity contribution is -0.138. The molecule has 160 valence electrons. The zero-order chi connectivity index (χ0) is 21.9. The molecule has 30 heavy (non-hydrogen) atoms. The number of likely N-dealkylation sites (N-methyl/N-ethyl adjacent to an activating group) is 1. The molecule has 1 aliphatic rings. The number of likely N-dealkylation sites (tertiary alicyclic amines) is 1. The van der Waals surface area contributed by atoms with Crippen molar-refractivity contribution in [1.82, 2.24) is 4.90 Å². The average molecular weight is 432 g/mol. The van der Waals surface area contributed by atoms with E-state index in [2.05, 4.69) is 5.32 Å². The van der Waals surface area contributed by atoms with Crippen molar-refractivity contribution in [2.24, 2.45) is 5.73 Å². The third kappa shape index (κ3) is 5.05. The molecule has 9 heteroatoms. The van der Waals surface area contributed by atoms with E-state index in [0.29, 0.717) is 12.1 Å². The van der Waals surface area contributed by atoms with Crippen LogP contribution >= 0.6 is 0 Å². The minimum absolute atomic E-state index is 0.0823. The van der Waals surface area contributed by atoms with Gasteiger partial charge in [0.25, 0.3) is 0 Å². The highest BCUT2D eigenvalue weighted by atomic mass is 32.2. The van der Waals surface area contributed by atoms with E-state index in [1.54, 1.807) is 55.3 Å². The molecule has 1 unspecified atom stereocenters. The number of nitrogens with zero attached hydrogens (tertiary/aromatic N) is 1. The molecule has 0 aromatic heterocycles. The van der Waals surface area contributed by atoms with Gasteiger partial charge in [-0.15, -0.1) is 0 Å². The van der Waals surface area contributed by atoms with Gasteiger partial charge in [-0.1, -0.05) is 24.3 Å². The van der Waals surface area contributed by atoms with Gasteiger partial charge in [0.15, 0.2) is 0 Å². The molecule has 0 aliphatic carbocycles. The Hall–Kier alpha value is -2.75. The van der Waals surface area contributed by atoms with Gasteiger partial charge in [-0.3, -0.25) is 9.69 Å². The van der Waals surface area contributed by atoms with E-state index in [9.17, 15) is 18.0 Å². The van der Waals surface area contributed by atoms with Crippen molar-refractivity contribution in [2.75, 3.05) is 18.9 Å². The molecule has 8 nitrogen and oxygen atoms in total. The predicted molar refractivity (Wildman–Crippen MR) is 113 cm³/mol. The Kier molecular flexibility index (Phi) is 6.55. The normalized spacial score (nSPS) is 18.0. The molecular formula is C21H25N3O5S. The van der Waals surface area contributed by atoms with Crippen molar-refractivity contribution in [1.29, 1.82) is 0 Å². The lowest BCUT2D eigenvalue weighted by Crippen LogP contribution is -2.35. The van der Waals surface area contributed by atoms with Gasteiger partial charge in [-0.25, -0.2) is 4.79 Å². The average Bonchev–Trinajstić information content (AvgIpc) is 3.14. The number of carbonyl (C=O) groups excluding carboxylic acids is 2. The second kappa shape index (κ2) is 8.95. The number of hydrogen-bond acceptors (Lipinski definition) is 7. The summed E-state index contributed by atoms with van der Waals surface area (Å²) in [7, 11) is -2.41. The summed E-state index contributed by atoms with van der Waals surface area (Å²) >= 11 is 0. The molecule has 1 fully saturated rings. The number of rotatable bonds is 6. The first-order valence-corrected chi connectivity index (χ1v) is 11.0. The molecule has 3 rings (SSSR count). The largest absolute Gasteiger partial charge is 0.341 e. The Morgan fingerprint density at radius 1 is 1.10 bits per heavy atom. The standard InChI is InChI=1S/C21H25N3O5S/c1-14(22)20(25)23-17-9-5-15(6-10-17)16-7-11-18(12-8-16)30(27,28)29-21(26)19-4-3-13-24(19)2/h5-12,14,19H,3-4,13,22H2,1-2H3,(H,23,25)/t14-,19?/m1/s1. The van der Waals surface area contributed by atoms with E-state index >= 15 is 0 Å². The molecule has 0 bridgehead atoms. The zero-order valence-corrected chi connectivity index (χ0v) is 17.7. The Labute approximate surface area is 176 Å². The third-order valence-electron chi connectivity index (χ3n) is 5.03. The fraction of sp³-hybridized carbons (Fsp3) is 0.333. The van der Waals surface area contributed by atoms with Crippen LogP contribution in [0.15, 0.2) is 53.4 Å². The number of nitrogens with one attached hydrogen (secondary N) is 1. The first-order chi connectivity index (χ1) is 14.2. The molecule has 2 aromatic rings. The summed E-state index contributed by atoms with van der Waals surface area (Å²) in [5.41, 5.74) is 7.76. The molecule has 2 atom stereocenters. The maximum Gasteiger partial charge on any atom is 0.341 e. The highest BCUT2D eigenvalue weighted by molar-refractivity contribution is 7.87. The fourth-order valence-corrected chi connectivity index (χ4v) is 4.13. The van der Waals surface area contributed by atoms with Crippen molar-refractivity contribution in [3.8, 4) is 11.1 Å². The van der Waals surface area contributed by atoms with Crippen molar-refractivity contribution in [2.45, 2.75) is 36.7 Å². The van der Waals surface area contributed by atoms with E-state index in [4.69, 9.17) is 9.92 Å². The van der Waals surface area contributed by atoms with Gasteiger partial charge in [-0.2, -0.15) is 8.42 Å². The second-order valence-corrected chi connectivity index (χ2v) is 8.92. The molecular weight excluding hydrogens is 406 g/mol. The highest BCUT2D eigenvalue weighted by Crippen LogP contribution is 2.25. The van der Waals surface area contributed by atoms with E-state index in [1.807, 2.05) is 0 Å².